The van der Waals surface area contributed by atoms with Crippen LogP contribution in [0.1, 0.15) is 18.5 Å². The van der Waals surface area contributed by atoms with E-state index in [1.165, 1.54) is 17.3 Å². The van der Waals surface area contributed by atoms with Crippen molar-refractivity contribution in [1.29, 1.82) is 0 Å². The van der Waals surface area contributed by atoms with Crippen LogP contribution in [0.15, 0.2) is 45.4 Å². The molecule has 3 aromatic rings. The Morgan fingerprint density at radius 1 is 1.15 bits per heavy atom. The average molecular weight is 402 g/mol. The zero-order valence-electron chi connectivity index (χ0n) is 15.3. The van der Waals surface area contributed by atoms with E-state index in [0.717, 1.165) is 31.7 Å². The lowest BCUT2D eigenvalue weighted by Crippen LogP contribution is -2.47. The van der Waals surface area contributed by atoms with Gasteiger partial charge < -0.3 is 13.5 Å². The predicted molar refractivity (Wildman–Crippen MR) is 109 cm³/mol. The van der Waals surface area contributed by atoms with E-state index < -0.39 is 10.6 Å². The number of rotatable bonds is 4. The third kappa shape index (κ3) is 3.80. The highest BCUT2D eigenvalue weighted by Crippen LogP contribution is 2.27. The normalized spacial score (nSPS) is 18.1. The van der Waals surface area contributed by atoms with Crippen molar-refractivity contribution in [3.8, 4) is 0 Å². The molecule has 1 aromatic carbocycles. The Kier molecular flexibility index (Phi) is 5.33. The van der Waals surface area contributed by atoms with Crippen molar-refractivity contribution in [2.24, 2.45) is 4.36 Å². The number of fused-ring (bicyclic) bond motifs is 1. The monoisotopic (exact) mass is 401 g/mol. The number of benzene rings is 1. The zero-order chi connectivity index (χ0) is 18.8. The second kappa shape index (κ2) is 7.87. The quantitative estimate of drug-likeness (QED) is 0.626. The molecule has 0 spiro atoms. The lowest BCUT2D eigenvalue weighted by Gasteiger charge is -2.38. The van der Waals surface area contributed by atoms with Crippen molar-refractivity contribution >= 4 is 38.1 Å². The zero-order valence-corrected chi connectivity index (χ0v) is 16.9. The van der Waals surface area contributed by atoms with Gasteiger partial charge in [-0.1, -0.05) is 11.0 Å². The molecule has 1 atom stereocenters. The Morgan fingerprint density at radius 2 is 1.89 bits per heavy atom. The van der Waals surface area contributed by atoms with Gasteiger partial charge in [0.05, 0.1) is 15.7 Å². The molecule has 7 nitrogen and oxygen atoms in total. The summed E-state index contributed by atoms with van der Waals surface area (Å²) in [6.07, 6.45) is 3.20. The second-order valence-electron chi connectivity index (χ2n) is 6.43. The van der Waals surface area contributed by atoms with Gasteiger partial charge in [0.1, 0.15) is 0 Å². The lowest BCUT2D eigenvalue weighted by molar-refractivity contribution is 0.198. The first-order valence-corrected chi connectivity index (χ1v) is 10.8. The van der Waals surface area contributed by atoms with Crippen LogP contribution in [0.25, 0.3) is 10.2 Å². The van der Waals surface area contributed by atoms with E-state index in [9.17, 15) is 4.21 Å². The number of nitrogens with zero attached hydrogens (tertiary/aromatic N) is 6. The summed E-state index contributed by atoms with van der Waals surface area (Å²) in [5.74, 6) is 0.683. The van der Waals surface area contributed by atoms with Gasteiger partial charge in [-0.2, -0.15) is 10.6 Å². The number of hydrogen-bond acceptors (Lipinski definition) is 9. The molecule has 1 aliphatic rings. The fourth-order valence-corrected chi connectivity index (χ4v) is 4.48. The molecule has 0 unspecified atom stereocenters. The van der Waals surface area contributed by atoms with Crippen molar-refractivity contribution < 1.29 is 4.21 Å². The maximum absolute atomic E-state index is 11.7. The molecule has 3 heterocycles. The molecule has 4 rings (SSSR count). The summed E-state index contributed by atoms with van der Waals surface area (Å²) in [7, 11) is 0.149. The second-order valence-corrected chi connectivity index (χ2v) is 8.65. The number of anilines is 1. The Morgan fingerprint density at radius 3 is 2.59 bits per heavy atom. The Hall–Kier alpha value is -2.10. The van der Waals surface area contributed by atoms with E-state index in [1.807, 2.05) is 5.51 Å². The Labute approximate surface area is 164 Å². The summed E-state index contributed by atoms with van der Waals surface area (Å²) < 4.78 is 16.6. The van der Waals surface area contributed by atoms with Crippen LogP contribution in [0.5, 0.6) is 0 Å². The summed E-state index contributed by atoms with van der Waals surface area (Å²) in [4.78, 5) is 18.3. The van der Waals surface area contributed by atoms with Gasteiger partial charge >= 0.3 is 0 Å². The molecule has 1 saturated heterocycles. The van der Waals surface area contributed by atoms with Crippen LogP contribution in [0.2, 0.25) is 0 Å². The fraction of sp³-hybridized carbons (Fsp3) is 0.389. The van der Waals surface area contributed by atoms with E-state index in [0.29, 0.717) is 16.9 Å². The van der Waals surface area contributed by atoms with Crippen LogP contribution in [0.4, 0.5) is 5.95 Å². The smallest absolute Gasteiger partial charge is 0.225 e. The molecule has 0 bridgehead atoms. The lowest BCUT2D eigenvalue weighted by atomic mass is 10.1. The van der Waals surface area contributed by atoms with Crippen molar-refractivity contribution in [1.82, 2.24) is 19.9 Å². The molecule has 1 aliphatic heterocycles. The van der Waals surface area contributed by atoms with E-state index in [4.69, 9.17) is 0 Å². The molecule has 1 fully saturated rings. The SMILES string of the molecule is CN=[S-](=O)c1cnc(N2CCN([C@@H](C)c3ccc4scnc4c3)CC2)nc1. The fourth-order valence-electron chi connectivity index (χ4n) is 3.32. The summed E-state index contributed by atoms with van der Waals surface area (Å²) in [6.45, 7) is 5.86. The Bertz CT molecular complexity index is 1000. The van der Waals surface area contributed by atoms with Gasteiger partial charge in [-0.15, -0.1) is 11.3 Å². The molecular weight excluding hydrogens is 380 g/mol. The van der Waals surface area contributed by atoms with E-state index in [-0.39, 0.29) is 0 Å². The van der Waals surface area contributed by atoms with Crippen molar-refractivity contribution in [3.05, 3.63) is 41.7 Å². The third-order valence-electron chi connectivity index (χ3n) is 4.96. The van der Waals surface area contributed by atoms with E-state index >= 15 is 0 Å². The van der Waals surface area contributed by atoms with Gasteiger partial charge in [0.2, 0.25) is 5.95 Å². The van der Waals surface area contributed by atoms with Gasteiger partial charge in [-0.25, -0.2) is 15.0 Å². The molecule has 142 valence electrons. The van der Waals surface area contributed by atoms with Crippen LogP contribution in [-0.2, 0) is 14.8 Å². The highest BCUT2D eigenvalue weighted by Gasteiger charge is 2.23. The molecule has 0 radical (unpaired) electrons. The average Bonchev–Trinajstić information content (AvgIpc) is 3.21. The first-order chi connectivity index (χ1) is 13.2. The highest BCUT2D eigenvalue weighted by atomic mass is 32.2. The maximum Gasteiger partial charge on any atom is 0.225 e. The number of piperazine rings is 1. The largest absolute Gasteiger partial charge is 0.440 e. The molecule has 0 amide bonds. The minimum Gasteiger partial charge on any atom is -0.440 e. The summed E-state index contributed by atoms with van der Waals surface area (Å²) in [5.41, 5.74) is 4.27. The number of hydrogen-bond donors (Lipinski definition) is 0. The number of thiazole rings is 1. The van der Waals surface area contributed by atoms with E-state index in [1.54, 1.807) is 23.7 Å². The third-order valence-corrected chi connectivity index (χ3v) is 6.72. The molecule has 0 aliphatic carbocycles. The van der Waals surface area contributed by atoms with Crippen LogP contribution in [-0.4, -0.2) is 53.1 Å². The molecule has 0 N–H and O–H groups in total. The van der Waals surface area contributed by atoms with Crippen molar-refractivity contribution in [3.63, 3.8) is 0 Å². The minimum absolute atomic E-state index is 0.343. The maximum atomic E-state index is 11.7. The molecule has 27 heavy (non-hydrogen) atoms. The standard InChI is InChI=1S/C18H21N6OS2/c1-13(14-3-4-17-16(9-14)22-12-26-17)23-5-7-24(8-6-23)18-20-10-15(11-21-18)27(25)19-2/h3-4,9-13H,5-8H2,1-2H3/q-1/t13-/m0/s1. The van der Waals surface area contributed by atoms with Gasteiger partial charge in [-0.3, -0.25) is 4.90 Å². The molecule has 2 aromatic heterocycles. The minimum atomic E-state index is -1.38. The Balaban J connectivity index is 1.41. The van der Waals surface area contributed by atoms with Gasteiger partial charge in [0, 0.05) is 51.7 Å². The predicted octanol–water partition coefficient (Wildman–Crippen LogP) is 3.11. The van der Waals surface area contributed by atoms with Crippen molar-refractivity contribution in [2.45, 2.75) is 17.9 Å². The van der Waals surface area contributed by atoms with Crippen LogP contribution in [0.3, 0.4) is 0 Å². The van der Waals surface area contributed by atoms with Gasteiger partial charge in [0.25, 0.3) is 0 Å². The topological polar surface area (TPSA) is 74.6 Å². The first-order valence-electron chi connectivity index (χ1n) is 8.81. The van der Waals surface area contributed by atoms with Crippen LogP contribution >= 0.6 is 11.3 Å². The number of aromatic nitrogens is 3. The molecular formula is C18H21N6OS2-. The van der Waals surface area contributed by atoms with E-state index in [2.05, 4.69) is 54.2 Å². The van der Waals surface area contributed by atoms with Crippen molar-refractivity contribution in [2.75, 3.05) is 38.1 Å². The first kappa shape index (κ1) is 18.3. The highest BCUT2D eigenvalue weighted by molar-refractivity contribution is 7.74. The van der Waals surface area contributed by atoms with Gasteiger partial charge in [0.15, 0.2) is 0 Å². The molecule has 9 heteroatoms. The summed E-state index contributed by atoms with van der Waals surface area (Å²) >= 11 is 1.68. The van der Waals surface area contributed by atoms with Crippen LogP contribution < -0.4 is 4.90 Å². The van der Waals surface area contributed by atoms with Crippen LogP contribution in [0, 0.1) is 0 Å². The summed E-state index contributed by atoms with van der Waals surface area (Å²) in [6, 6.07) is 6.91. The summed E-state index contributed by atoms with van der Waals surface area (Å²) in [5, 5.41) is 0. The molecule has 0 saturated carbocycles. The van der Waals surface area contributed by atoms with Gasteiger partial charge in [-0.05, 0) is 24.6 Å².